The molecule has 0 fully saturated rings. The summed E-state index contributed by atoms with van der Waals surface area (Å²) in [6, 6.07) is 2.42. The molecule has 0 aliphatic heterocycles. The first-order valence-corrected chi connectivity index (χ1v) is 6.05. The van der Waals surface area contributed by atoms with E-state index >= 15 is 0 Å². The van der Waals surface area contributed by atoms with Crippen molar-refractivity contribution in [3.8, 4) is 5.75 Å². The van der Waals surface area contributed by atoms with E-state index in [0.29, 0.717) is 18.6 Å². The highest BCUT2D eigenvalue weighted by Gasteiger charge is 2.34. The third-order valence-corrected chi connectivity index (χ3v) is 3.04. The second kappa shape index (κ2) is 6.19. The van der Waals surface area contributed by atoms with Gasteiger partial charge in [0.25, 0.3) is 0 Å². The Morgan fingerprint density at radius 3 is 2.48 bits per heavy atom. The Morgan fingerprint density at radius 1 is 1.33 bits per heavy atom. The molecule has 0 aliphatic rings. The Hall–Kier alpha value is -1.99. The normalized spacial score (nSPS) is 13.3. The number of nitrogens with two attached hydrogens (primary N) is 1. The van der Waals surface area contributed by atoms with Crippen LogP contribution in [-0.2, 0) is 6.18 Å². The first-order valence-electron chi connectivity index (χ1n) is 6.05. The molecule has 4 nitrogen and oxygen atoms in total. The molecule has 118 valence electrons. The fraction of sp³-hybridized carbons (Fsp3) is 0.462. The minimum Gasteiger partial charge on any atom is -0.494 e. The number of rotatable bonds is 5. The lowest BCUT2D eigenvalue weighted by atomic mass is 9.88. The lowest BCUT2D eigenvalue weighted by Gasteiger charge is -2.22. The van der Waals surface area contributed by atoms with E-state index < -0.39 is 23.0 Å². The van der Waals surface area contributed by atoms with Crippen molar-refractivity contribution in [1.29, 1.82) is 0 Å². The van der Waals surface area contributed by atoms with Crippen LogP contribution in [-0.4, -0.2) is 17.6 Å². The molecule has 0 unspecified atom stereocenters. The highest BCUT2D eigenvalue weighted by atomic mass is 19.4. The van der Waals surface area contributed by atoms with Crippen molar-refractivity contribution in [3.05, 3.63) is 29.6 Å². The first-order chi connectivity index (χ1) is 9.58. The number of halogens is 4. The van der Waals surface area contributed by atoms with Crippen LogP contribution in [0.1, 0.15) is 25.8 Å². The third-order valence-electron chi connectivity index (χ3n) is 3.04. The Morgan fingerprint density at radius 2 is 1.95 bits per heavy atom. The van der Waals surface area contributed by atoms with E-state index in [2.05, 4.69) is 5.16 Å². The average Bonchev–Trinajstić information content (AvgIpc) is 2.38. The highest BCUT2D eigenvalue weighted by molar-refractivity contribution is 5.85. The van der Waals surface area contributed by atoms with Crippen molar-refractivity contribution in [2.75, 3.05) is 6.61 Å². The Balaban J connectivity index is 2.74. The second-order valence-corrected chi connectivity index (χ2v) is 5.11. The van der Waals surface area contributed by atoms with Gasteiger partial charge in [-0.05, 0) is 24.6 Å². The fourth-order valence-electron chi connectivity index (χ4n) is 1.50. The highest BCUT2D eigenvalue weighted by Crippen LogP contribution is 2.33. The molecular formula is C13H16F4N2O2. The van der Waals surface area contributed by atoms with Crippen molar-refractivity contribution in [2.24, 2.45) is 16.3 Å². The van der Waals surface area contributed by atoms with Crippen LogP contribution in [0.15, 0.2) is 23.4 Å². The van der Waals surface area contributed by atoms with Gasteiger partial charge in [-0.3, -0.25) is 0 Å². The predicted molar refractivity (Wildman–Crippen MR) is 68.7 cm³/mol. The number of alkyl halides is 3. The zero-order chi connectivity index (χ0) is 16.3. The van der Waals surface area contributed by atoms with Crippen LogP contribution >= 0.6 is 0 Å². The summed E-state index contributed by atoms with van der Waals surface area (Å²) in [6.07, 6.45) is -4.47. The van der Waals surface area contributed by atoms with E-state index in [1.807, 2.05) is 0 Å². The molecule has 8 heteroatoms. The lowest BCUT2D eigenvalue weighted by molar-refractivity contribution is -0.140. The van der Waals surface area contributed by atoms with Gasteiger partial charge in [0.05, 0.1) is 12.2 Å². The summed E-state index contributed by atoms with van der Waals surface area (Å²) in [4.78, 5) is 0. The van der Waals surface area contributed by atoms with Gasteiger partial charge in [0, 0.05) is 5.41 Å². The zero-order valence-electron chi connectivity index (χ0n) is 11.5. The molecule has 0 radical (unpaired) electrons. The van der Waals surface area contributed by atoms with Crippen LogP contribution in [0.4, 0.5) is 17.6 Å². The van der Waals surface area contributed by atoms with Crippen molar-refractivity contribution in [2.45, 2.75) is 26.4 Å². The van der Waals surface area contributed by atoms with Crippen molar-refractivity contribution >= 4 is 5.84 Å². The van der Waals surface area contributed by atoms with Crippen LogP contribution in [0.25, 0.3) is 0 Å². The van der Waals surface area contributed by atoms with Gasteiger partial charge in [-0.1, -0.05) is 19.0 Å². The first kappa shape index (κ1) is 17.1. The van der Waals surface area contributed by atoms with E-state index in [4.69, 9.17) is 15.7 Å². The summed E-state index contributed by atoms with van der Waals surface area (Å²) in [5, 5.41) is 11.5. The number of amidine groups is 1. The lowest BCUT2D eigenvalue weighted by Crippen LogP contribution is -2.33. The molecule has 21 heavy (non-hydrogen) atoms. The van der Waals surface area contributed by atoms with Gasteiger partial charge in [0.1, 0.15) is 17.4 Å². The summed E-state index contributed by atoms with van der Waals surface area (Å²) < 4.78 is 55.9. The number of oxime groups is 1. The average molecular weight is 308 g/mol. The van der Waals surface area contributed by atoms with E-state index in [1.165, 1.54) is 0 Å². The summed E-state index contributed by atoms with van der Waals surface area (Å²) >= 11 is 0. The molecule has 1 aromatic rings. The van der Waals surface area contributed by atoms with E-state index in [1.54, 1.807) is 13.8 Å². The summed E-state index contributed by atoms with van der Waals surface area (Å²) in [6.45, 7) is 3.42. The Labute approximate surface area is 119 Å². The number of benzene rings is 1. The largest absolute Gasteiger partial charge is 0.494 e. The molecule has 0 heterocycles. The summed E-state index contributed by atoms with van der Waals surface area (Å²) in [5.74, 6) is -1.47. The standard InChI is InChI=1S/C13H16F4N2O2/c1-12(2,11(18)19-20)5-6-21-8-3-4-10(14)9(7-8)13(15,16)17/h3-4,7,20H,5-6H2,1-2H3,(H2,18,19). The summed E-state index contributed by atoms with van der Waals surface area (Å²) in [5.41, 5.74) is 3.42. The van der Waals surface area contributed by atoms with E-state index in [0.717, 1.165) is 6.07 Å². The maximum absolute atomic E-state index is 13.1. The number of hydrogen-bond acceptors (Lipinski definition) is 3. The van der Waals surface area contributed by atoms with Gasteiger partial charge < -0.3 is 15.7 Å². The van der Waals surface area contributed by atoms with Gasteiger partial charge in [0.15, 0.2) is 0 Å². The van der Waals surface area contributed by atoms with Gasteiger partial charge in [-0.2, -0.15) is 13.2 Å². The molecule has 0 saturated heterocycles. The van der Waals surface area contributed by atoms with Crippen LogP contribution in [0.2, 0.25) is 0 Å². The van der Waals surface area contributed by atoms with Crippen LogP contribution in [0.3, 0.4) is 0 Å². The van der Waals surface area contributed by atoms with Crippen molar-refractivity contribution in [3.63, 3.8) is 0 Å². The van der Waals surface area contributed by atoms with Crippen molar-refractivity contribution in [1.82, 2.24) is 0 Å². The molecule has 0 amide bonds. The maximum Gasteiger partial charge on any atom is 0.419 e. The van der Waals surface area contributed by atoms with Crippen LogP contribution < -0.4 is 10.5 Å². The monoisotopic (exact) mass is 308 g/mol. The SMILES string of the molecule is CC(C)(CCOc1ccc(F)c(C(F)(F)F)c1)/C(N)=N/O. The van der Waals surface area contributed by atoms with E-state index in [-0.39, 0.29) is 18.2 Å². The Bertz CT molecular complexity index is 527. The number of hydrogen-bond donors (Lipinski definition) is 2. The number of ether oxygens (including phenoxy) is 1. The molecular weight excluding hydrogens is 292 g/mol. The number of nitrogens with zero attached hydrogens (tertiary/aromatic N) is 1. The quantitative estimate of drug-likeness (QED) is 0.288. The molecule has 0 atom stereocenters. The van der Waals surface area contributed by atoms with Crippen molar-refractivity contribution < 1.29 is 27.5 Å². The maximum atomic E-state index is 13.1. The Kier molecular flexibility index (Phi) is 5.03. The zero-order valence-corrected chi connectivity index (χ0v) is 11.5. The topological polar surface area (TPSA) is 67.8 Å². The predicted octanol–water partition coefficient (Wildman–Crippen LogP) is 3.39. The molecule has 0 aromatic heterocycles. The van der Waals surface area contributed by atoms with Gasteiger partial charge in [-0.25, -0.2) is 4.39 Å². The minimum atomic E-state index is -4.78. The van der Waals surface area contributed by atoms with E-state index in [9.17, 15) is 17.6 Å². The third kappa shape index (κ3) is 4.51. The molecule has 1 aromatic carbocycles. The summed E-state index contributed by atoms with van der Waals surface area (Å²) in [7, 11) is 0. The van der Waals surface area contributed by atoms with Gasteiger partial charge >= 0.3 is 6.18 Å². The van der Waals surface area contributed by atoms with Gasteiger partial charge in [0.2, 0.25) is 0 Å². The molecule has 0 spiro atoms. The second-order valence-electron chi connectivity index (χ2n) is 5.11. The smallest absolute Gasteiger partial charge is 0.419 e. The molecule has 1 rings (SSSR count). The fourth-order valence-corrected chi connectivity index (χ4v) is 1.50. The molecule has 0 bridgehead atoms. The van der Waals surface area contributed by atoms with Gasteiger partial charge in [-0.15, -0.1) is 0 Å². The molecule has 0 saturated carbocycles. The van der Waals surface area contributed by atoms with Crippen LogP contribution in [0.5, 0.6) is 5.75 Å². The minimum absolute atomic E-state index is 0.0128. The molecule has 0 aliphatic carbocycles. The molecule has 3 N–H and O–H groups in total. The van der Waals surface area contributed by atoms with Crippen LogP contribution in [0, 0.1) is 11.2 Å².